The van der Waals surface area contributed by atoms with Gasteiger partial charge >= 0.3 is 0 Å². The largest absolute Gasteiger partial charge is 0.385 e. The highest BCUT2D eigenvalue weighted by atomic mass is 16.5. The fourth-order valence-electron chi connectivity index (χ4n) is 5.28. The minimum Gasteiger partial charge on any atom is -0.385 e. The smallest absolute Gasteiger partial charge is 0.259 e. The summed E-state index contributed by atoms with van der Waals surface area (Å²) in [5.74, 6) is 1.46. The van der Waals surface area contributed by atoms with E-state index in [4.69, 9.17) is 4.74 Å². The van der Waals surface area contributed by atoms with E-state index in [1.165, 1.54) is 45.2 Å². The Labute approximate surface area is 179 Å². The predicted molar refractivity (Wildman–Crippen MR) is 117 cm³/mol. The number of nitrogens with zero attached hydrogens (tertiary/aromatic N) is 5. The monoisotopic (exact) mass is 413 g/mol. The van der Waals surface area contributed by atoms with Gasteiger partial charge < -0.3 is 19.1 Å². The Morgan fingerprint density at radius 2 is 2.00 bits per heavy atom. The number of ether oxygens (including phenoxy) is 1. The summed E-state index contributed by atoms with van der Waals surface area (Å²) in [5.41, 5.74) is 0.669. The zero-order valence-electron chi connectivity index (χ0n) is 18.4. The maximum atomic E-state index is 13.7. The Hall–Kier alpha value is -2.12. The molecule has 2 atom stereocenters. The molecule has 0 N–H and O–H groups in total. The molecule has 2 saturated heterocycles. The van der Waals surface area contributed by atoms with E-state index in [0.29, 0.717) is 24.1 Å². The van der Waals surface area contributed by atoms with Gasteiger partial charge in [0.1, 0.15) is 11.4 Å². The lowest BCUT2D eigenvalue weighted by atomic mass is 9.83. The summed E-state index contributed by atoms with van der Waals surface area (Å²) >= 11 is 0. The summed E-state index contributed by atoms with van der Waals surface area (Å²) in [6.45, 7) is 4.65. The van der Waals surface area contributed by atoms with Crippen LogP contribution >= 0.6 is 0 Å². The summed E-state index contributed by atoms with van der Waals surface area (Å²) in [6.07, 6.45) is 12.8. The standard InChI is InChI=1S/C23H35N5O2/c1-25-22(27-12-5-6-13-27)20(17-24-25)23(29)28(15-8-16-30-2)18-19-9-7-14-26-11-4-3-10-21(19)26/h5-6,12-13,17,19,21H,3-4,7-11,14-16,18H2,1-2H3. The number of fused-ring (bicyclic) bond motifs is 1. The van der Waals surface area contributed by atoms with Gasteiger partial charge in [-0.2, -0.15) is 5.10 Å². The van der Waals surface area contributed by atoms with Gasteiger partial charge in [-0.3, -0.25) is 9.48 Å². The molecule has 1 amide bonds. The Morgan fingerprint density at radius 3 is 2.80 bits per heavy atom. The molecule has 2 unspecified atom stereocenters. The molecule has 2 aliphatic heterocycles. The lowest BCUT2D eigenvalue weighted by molar-refractivity contribution is 0.0347. The normalized spacial score (nSPS) is 22.1. The second kappa shape index (κ2) is 9.79. The number of carbonyl (C=O) groups is 1. The van der Waals surface area contributed by atoms with E-state index >= 15 is 0 Å². The highest BCUT2D eigenvalue weighted by Gasteiger charge is 2.35. The van der Waals surface area contributed by atoms with E-state index in [2.05, 4.69) is 14.9 Å². The highest BCUT2D eigenvalue weighted by Crippen LogP contribution is 2.32. The van der Waals surface area contributed by atoms with Gasteiger partial charge in [0.05, 0.1) is 6.20 Å². The molecule has 0 radical (unpaired) electrons. The van der Waals surface area contributed by atoms with Crippen LogP contribution in [-0.4, -0.2) is 76.0 Å². The fraction of sp³-hybridized carbons (Fsp3) is 0.652. The quantitative estimate of drug-likeness (QED) is 0.625. The minimum absolute atomic E-state index is 0.0795. The van der Waals surface area contributed by atoms with Crippen LogP contribution in [0, 0.1) is 5.92 Å². The van der Waals surface area contributed by atoms with E-state index in [1.54, 1.807) is 18.0 Å². The summed E-state index contributed by atoms with van der Waals surface area (Å²) in [6, 6.07) is 4.57. The SMILES string of the molecule is COCCCN(CC1CCCN2CCCCC12)C(=O)c1cnn(C)c1-n1cccc1. The zero-order valence-corrected chi connectivity index (χ0v) is 18.4. The van der Waals surface area contributed by atoms with Crippen molar-refractivity contribution in [3.05, 3.63) is 36.3 Å². The number of rotatable bonds is 8. The average Bonchev–Trinajstić information content (AvgIpc) is 3.42. The molecule has 4 heterocycles. The molecule has 2 aliphatic rings. The maximum absolute atomic E-state index is 13.7. The number of amides is 1. The number of hydrogen-bond acceptors (Lipinski definition) is 4. The van der Waals surface area contributed by atoms with E-state index in [-0.39, 0.29) is 5.91 Å². The van der Waals surface area contributed by atoms with Gasteiger partial charge in [-0.05, 0) is 63.2 Å². The molecule has 0 bridgehead atoms. The van der Waals surface area contributed by atoms with Crippen molar-refractivity contribution >= 4 is 5.91 Å². The molecule has 164 valence electrons. The van der Waals surface area contributed by atoms with E-state index in [0.717, 1.165) is 25.3 Å². The number of hydrogen-bond donors (Lipinski definition) is 0. The van der Waals surface area contributed by atoms with Gasteiger partial charge in [-0.25, -0.2) is 0 Å². The zero-order chi connectivity index (χ0) is 20.9. The van der Waals surface area contributed by atoms with Crippen molar-refractivity contribution in [3.8, 4) is 5.82 Å². The minimum atomic E-state index is 0.0795. The number of aromatic nitrogens is 3. The molecular formula is C23H35N5O2. The van der Waals surface area contributed by atoms with E-state index < -0.39 is 0 Å². The molecule has 2 aromatic heterocycles. The van der Waals surface area contributed by atoms with Crippen LogP contribution in [-0.2, 0) is 11.8 Å². The van der Waals surface area contributed by atoms with Crippen LogP contribution < -0.4 is 0 Å². The molecule has 2 fully saturated rings. The van der Waals surface area contributed by atoms with Crippen LogP contribution in [0.25, 0.3) is 5.82 Å². The van der Waals surface area contributed by atoms with E-state index in [9.17, 15) is 4.79 Å². The molecule has 4 rings (SSSR count). The molecule has 0 spiro atoms. The molecule has 7 nitrogen and oxygen atoms in total. The van der Waals surface area contributed by atoms with Gasteiger partial charge in [0.15, 0.2) is 0 Å². The molecule has 30 heavy (non-hydrogen) atoms. The van der Waals surface area contributed by atoms with Crippen LogP contribution in [0.1, 0.15) is 48.9 Å². The number of carbonyl (C=O) groups excluding carboxylic acids is 1. The lowest BCUT2D eigenvalue weighted by Gasteiger charge is -2.45. The summed E-state index contributed by atoms with van der Waals surface area (Å²) in [4.78, 5) is 18.4. The lowest BCUT2D eigenvalue weighted by Crippen LogP contribution is -2.51. The molecule has 2 aromatic rings. The van der Waals surface area contributed by atoms with Crippen molar-refractivity contribution in [1.82, 2.24) is 24.1 Å². The Kier molecular flexibility index (Phi) is 6.89. The van der Waals surface area contributed by atoms with Gasteiger partial charge in [0.2, 0.25) is 0 Å². The van der Waals surface area contributed by atoms with Crippen molar-refractivity contribution in [2.24, 2.45) is 13.0 Å². The highest BCUT2D eigenvalue weighted by molar-refractivity contribution is 5.97. The van der Waals surface area contributed by atoms with Crippen LogP contribution in [0.3, 0.4) is 0 Å². The predicted octanol–water partition coefficient (Wildman–Crippen LogP) is 2.95. The average molecular weight is 414 g/mol. The van der Waals surface area contributed by atoms with Crippen molar-refractivity contribution in [2.45, 2.75) is 44.6 Å². The van der Waals surface area contributed by atoms with Crippen LogP contribution in [0.2, 0.25) is 0 Å². The second-order valence-corrected chi connectivity index (χ2v) is 8.69. The Bertz CT molecular complexity index is 814. The van der Waals surface area contributed by atoms with Gasteiger partial charge in [0, 0.05) is 52.3 Å². The molecule has 0 aliphatic carbocycles. The summed E-state index contributed by atoms with van der Waals surface area (Å²) in [5, 5.41) is 4.40. The third-order valence-corrected chi connectivity index (χ3v) is 6.73. The summed E-state index contributed by atoms with van der Waals surface area (Å²) < 4.78 is 9.02. The van der Waals surface area contributed by atoms with Gasteiger partial charge in [-0.15, -0.1) is 0 Å². The molecule has 0 aromatic carbocycles. The first-order valence-electron chi connectivity index (χ1n) is 11.4. The van der Waals surface area contributed by atoms with Gasteiger partial charge in [0.25, 0.3) is 5.91 Å². The first-order chi connectivity index (χ1) is 14.7. The number of methoxy groups -OCH3 is 1. The molecule has 0 saturated carbocycles. The fourth-order valence-corrected chi connectivity index (χ4v) is 5.28. The van der Waals surface area contributed by atoms with Crippen molar-refractivity contribution in [2.75, 3.05) is 39.9 Å². The molecular weight excluding hydrogens is 378 g/mol. The van der Waals surface area contributed by atoms with Crippen molar-refractivity contribution in [1.29, 1.82) is 0 Å². The van der Waals surface area contributed by atoms with Crippen LogP contribution in [0.5, 0.6) is 0 Å². The van der Waals surface area contributed by atoms with Gasteiger partial charge in [-0.1, -0.05) is 6.42 Å². The van der Waals surface area contributed by atoms with Crippen LogP contribution in [0.15, 0.2) is 30.7 Å². The third kappa shape index (κ3) is 4.47. The maximum Gasteiger partial charge on any atom is 0.259 e. The number of piperidine rings is 2. The van der Waals surface area contributed by atoms with Crippen molar-refractivity contribution in [3.63, 3.8) is 0 Å². The van der Waals surface area contributed by atoms with E-state index in [1.807, 2.05) is 36.1 Å². The first kappa shape index (κ1) is 21.1. The Morgan fingerprint density at radius 1 is 1.20 bits per heavy atom. The summed E-state index contributed by atoms with van der Waals surface area (Å²) in [7, 11) is 3.61. The van der Waals surface area contributed by atoms with Crippen LogP contribution in [0.4, 0.5) is 0 Å². The third-order valence-electron chi connectivity index (χ3n) is 6.73. The molecule has 7 heteroatoms. The number of aryl methyl sites for hydroxylation is 1. The Balaban J connectivity index is 1.56. The first-order valence-corrected chi connectivity index (χ1v) is 11.4. The topological polar surface area (TPSA) is 55.5 Å². The van der Waals surface area contributed by atoms with Crippen molar-refractivity contribution < 1.29 is 9.53 Å². The second-order valence-electron chi connectivity index (χ2n) is 8.69.